The predicted octanol–water partition coefficient (Wildman–Crippen LogP) is 3.47. The van der Waals surface area contributed by atoms with Gasteiger partial charge < -0.3 is 4.98 Å². The normalized spacial score (nSPS) is 10.8. The molecule has 0 spiro atoms. The topological polar surface area (TPSA) is 54.5 Å². The minimum absolute atomic E-state index is 0.868. The van der Waals surface area contributed by atoms with Crippen molar-refractivity contribution < 1.29 is 0 Å². The summed E-state index contributed by atoms with van der Waals surface area (Å²) < 4.78 is 0. The molecule has 0 aliphatic heterocycles. The monoisotopic (exact) mass is 270 g/mol. The maximum absolute atomic E-state index is 4.67. The summed E-state index contributed by atoms with van der Waals surface area (Å²) in [5.74, 6) is 0.868. The minimum Gasteiger partial charge on any atom is -0.337 e. The van der Waals surface area contributed by atoms with Gasteiger partial charge in [-0.05, 0) is 25.5 Å². The van der Waals surface area contributed by atoms with Gasteiger partial charge >= 0.3 is 0 Å². The molecule has 0 atom stereocenters. The highest BCUT2D eigenvalue weighted by Gasteiger charge is 2.13. The van der Waals surface area contributed by atoms with E-state index in [1.807, 2.05) is 37.0 Å². The van der Waals surface area contributed by atoms with Crippen LogP contribution >= 0.6 is 11.3 Å². The summed E-state index contributed by atoms with van der Waals surface area (Å²) in [7, 11) is 0. The van der Waals surface area contributed by atoms with Crippen molar-refractivity contribution in [1.29, 1.82) is 0 Å². The highest BCUT2D eigenvalue weighted by molar-refractivity contribution is 7.13. The van der Waals surface area contributed by atoms with Crippen molar-refractivity contribution in [3.8, 4) is 22.0 Å². The molecular formula is C14H14N4S. The number of imidazole rings is 1. The molecule has 3 aromatic rings. The van der Waals surface area contributed by atoms with Crippen LogP contribution < -0.4 is 0 Å². The second-order valence-corrected chi connectivity index (χ2v) is 5.20. The second-order valence-electron chi connectivity index (χ2n) is 4.31. The maximum Gasteiger partial charge on any atom is 0.139 e. The van der Waals surface area contributed by atoms with Crippen molar-refractivity contribution in [2.75, 3.05) is 0 Å². The van der Waals surface area contributed by atoms with Gasteiger partial charge in [-0.15, -0.1) is 11.3 Å². The van der Waals surface area contributed by atoms with Crippen LogP contribution in [0.4, 0.5) is 0 Å². The Labute approximate surface area is 115 Å². The molecule has 19 heavy (non-hydrogen) atoms. The van der Waals surface area contributed by atoms with E-state index in [9.17, 15) is 0 Å². The van der Waals surface area contributed by atoms with Gasteiger partial charge in [0.2, 0.25) is 0 Å². The second kappa shape index (κ2) is 4.93. The molecule has 5 heteroatoms. The lowest BCUT2D eigenvalue weighted by atomic mass is 10.2. The van der Waals surface area contributed by atoms with Gasteiger partial charge in [-0.1, -0.05) is 6.92 Å². The summed E-state index contributed by atoms with van der Waals surface area (Å²) in [6.45, 7) is 4.09. The predicted molar refractivity (Wildman–Crippen MR) is 77.0 cm³/mol. The molecule has 0 bridgehead atoms. The number of thiazole rings is 1. The Morgan fingerprint density at radius 3 is 2.79 bits per heavy atom. The van der Waals surface area contributed by atoms with Crippen molar-refractivity contribution in [1.82, 2.24) is 19.9 Å². The number of hydrogen-bond acceptors (Lipinski definition) is 4. The molecule has 3 heterocycles. The Bertz CT molecular complexity index is 668. The van der Waals surface area contributed by atoms with Crippen LogP contribution in [0.3, 0.4) is 0 Å². The Hall–Kier alpha value is -2.01. The summed E-state index contributed by atoms with van der Waals surface area (Å²) in [6, 6.07) is 4.03. The first-order valence-corrected chi connectivity index (χ1v) is 7.06. The highest BCUT2D eigenvalue weighted by atomic mass is 32.1. The zero-order valence-corrected chi connectivity index (χ0v) is 11.7. The molecule has 0 saturated heterocycles. The number of H-pyrrole nitrogens is 1. The number of nitrogens with one attached hydrogen (secondary N) is 1. The molecule has 0 radical (unpaired) electrons. The smallest absolute Gasteiger partial charge is 0.139 e. The van der Waals surface area contributed by atoms with E-state index in [0.717, 1.165) is 39.8 Å². The van der Waals surface area contributed by atoms with E-state index in [1.54, 1.807) is 11.3 Å². The lowest BCUT2D eigenvalue weighted by Crippen LogP contribution is -1.85. The maximum atomic E-state index is 4.67. The van der Waals surface area contributed by atoms with Crippen LogP contribution in [0.2, 0.25) is 0 Å². The highest BCUT2D eigenvalue weighted by Crippen LogP contribution is 2.28. The summed E-state index contributed by atoms with van der Waals surface area (Å²) in [5, 5.41) is 0. The van der Waals surface area contributed by atoms with Crippen LogP contribution in [0.15, 0.2) is 30.0 Å². The average Bonchev–Trinajstić information content (AvgIpc) is 3.08. The van der Waals surface area contributed by atoms with Gasteiger partial charge in [0.1, 0.15) is 5.82 Å². The Morgan fingerprint density at radius 2 is 2.16 bits per heavy atom. The van der Waals surface area contributed by atoms with Gasteiger partial charge in [0.15, 0.2) is 0 Å². The molecule has 0 aliphatic rings. The molecule has 96 valence electrons. The van der Waals surface area contributed by atoms with E-state index in [4.69, 9.17) is 0 Å². The van der Waals surface area contributed by atoms with Crippen molar-refractivity contribution in [2.24, 2.45) is 0 Å². The van der Waals surface area contributed by atoms with E-state index in [-0.39, 0.29) is 0 Å². The van der Waals surface area contributed by atoms with E-state index in [0.29, 0.717) is 0 Å². The first-order valence-electron chi connectivity index (χ1n) is 6.18. The number of pyridine rings is 1. The largest absolute Gasteiger partial charge is 0.337 e. The number of aromatic amines is 1. The molecule has 1 N–H and O–H groups in total. The van der Waals surface area contributed by atoms with Crippen LogP contribution in [0.5, 0.6) is 0 Å². The molecule has 0 unspecified atom stereocenters. The van der Waals surface area contributed by atoms with E-state index < -0.39 is 0 Å². The Kier molecular flexibility index (Phi) is 3.13. The van der Waals surface area contributed by atoms with E-state index >= 15 is 0 Å². The third-order valence-electron chi connectivity index (χ3n) is 2.98. The zero-order chi connectivity index (χ0) is 13.2. The van der Waals surface area contributed by atoms with Crippen molar-refractivity contribution >= 4 is 11.3 Å². The van der Waals surface area contributed by atoms with Gasteiger partial charge in [0.05, 0.1) is 21.8 Å². The summed E-state index contributed by atoms with van der Waals surface area (Å²) in [5.41, 5.74) is 5.99. The number of aryl methyl sites for hydroxylation is 2. The fraction of sp³-hybridized carbons (Fsp3) is 0.214. The number of nitrogens with zero attached hydrogens (tertiary/aromatic N) is 3. The summed E-state index contributed by atoms with van der Waals surface area (Å²) in [4.78, 5) is 17.6. The first-order chi connectivity index (χ1) is 9.28. The lowest BCUT2D eigenvalue weighted by molar-refractivity contribution is 1.07. The van der Waals surface area contributed by atoms with Crippen LogP contribution in [-0.4, -0.2) is 19.9 Å². The van der Waals surface area contributed by atoms with Crippen molar-refractivity contribution in [3.05, 3.63) is 41.4 Å². The third-order valence-corrected chi connectivity index (χ3v) is 3.77. The van der Waals surface area contributed by atoms with Crippen LogP contribution in [0, 0.1) is 6.92 Å². The van der Waals surface area contributed by atoms with Crippen LogP contribution in [0.25, 0.3) is 22.0 Å². The van der Waals surface area contributed by atoms with Crippen molar-refractivity contribution in [3.63, 3.8) is 0 Å². The zero-order valence-electron chi connectivity index (χ0n) is 10.8. The molecule has 3 aromatic heterocycles. The number of rotatable bonds is 3. The summed E-state index contributed by atoms with van der Waals surface area (Å²) >= 11 is 1.62. The van der Waals surface area contributed by atoms with Gasteiger partial charge in [0, 0.05) is 23.7 Å². The third kappa shape index (κ3) is 2.29. The minimum atomic E-state index is 0.868. The first kappa shape index (κ1) is 12.0. The van der Waals surface area contributed by atoms with Crippen molar-refractivity contribution in [2.45, 2.75) is 20.3 Å². The average molecular weight is 270 g/mol. The van der Waals surface area contributed by atoms with Gasteiger partial charge in [-0.25, -0.2) is 4.98 Å². The molecule has 4 nitrogen and oxygen atoms in total. The lowest BCUT2D eigenvalue weighted by Gasteiger charge is -1.96. The Morgan fingerprint density at radius 1 is 1.26 bits per heavy atom. The molecule has 3 rings (SSSR count). The van der Waals surface area contributed by atoms with E-state index in [1.165, 1.54) is 0 Å². The molecule has 0 saturated carbocycles. The number of aromatic nitrogens is 4. The molecular weight excluding hydrogens is 256 g/mol. The SMILES string of the molecule is CCc1nc(-c2ccc(C)nc2)[nH]c1-c1cncs1. The van der Waals surface area contributed by atoms with Crippen LogP contribution in [-0.2, 0) is 6.42 Å². The number of hydrogen-bond donors (Lipinski definition) is 1. The van der Waals surface area contributed by atoms with Gasteiger partial charge in [-0.2, -0.15) is 0 Å². The molecule has 0 aromatic carbocycles. The fourth-order valence-corrected chi connectivity index (χ4v) is 2.60. The molecule has 0 aliphatic carbocycles. The molecule has 0 amide bonds. The summed E-state index contributed by atoms with van der Waals surface area (Å²) in [6.07, 6.45) is 4.61. The standard InChI is InChI=1S/C14H14N4S/c1-3-11-13(12-7-15-8-19-12)18-14(17-11)10-5-4-9(2)16-6-10/h4-8H,3H2,1-2H3,(H,17,18). The quantitative estimate of drug-likeness (QED) is 0.793. The van der Waals surface area contributed by atoms with Crippen LogP contribution in [0.1, 0.15) is 18.3 Å². The van der Waals surface area contributed by atoms with Gasteiger partial charge in [0.25, 0.3) is 0 Å². The fourth-order valence-electron chi connectivity index (χ4n) is 1.95. The Balaban J connectivity index is 2.07. The van der Waals surface area contributed by atoms with Gasteiger partial charge in [-0.3, -0.25) is 9.97 Å². The molecule has 0 fully saturated rings. The van der Waals surface area contributed by atoms with E-state index in [2.05, 4.69) is 26.9 Å².